The van der Waals surface area contributed by atoms with E-state index in [-0.39, 0.29) is 5.91 Å². The number of carbonyl (C=O) groups is 1. The Morgan fingerprint density at radius 3 is 2.64 bits per heavy atom. The normalized spacial score (nSPS) is 11.3. The number of rotatable bonds is 5. The molecule has 4 rings (SSSR count). The van der Waals surface area contributed by atoms with Crippen LogP contribution in [0.5, 0.6) is 0 Å². The Labute approximate surface area is 162 Å². The molecule has 0 radical (unpaired) electrons. The quantitative estimate of drug-likeness (QED) is 0.576. The molecule has 144 valence electrons. The van der Waals surface area contributed by atoms with E-state index in [2.05, 4.69) is 25.6 Å². The molecule has 4 heterocycles. The molecular formula is C19H22N8O. The first-order valence-corrected chi connectivity index (χ1v) is 9.24. The number of hydrogen-bond donors (Lipinski definition) is 1. The van der Waals surface area contributed by atoms with Gasteiger partial charge >= 0.3 is 0 Å². The zero-order valence-electron chi connectivity index (χ0n) is 16.3. The van der Waals surface area contributed by atoms with Gasteiger partial charge in [0.15, 0.2) is 5.65 Å². The summed E-state index contributed by atoms with van der Waals surface area (Å²) in [6, 6.07) is 1.88. The van der Waals surface area contributed by atoms with Crippen LogP contribution in [0.1, 0.15) is 35.6 Å². The minimum Gasteiger partial charge on any atom is -0.319 e. The molecule has 0 fully saturated rings. The first-order valence-electron chi connectivity index (χ1n) is 9.24. The Balaban J connectivity index is 1.72. The third-order valence-corrected chi connectivity index (χ3v) is 4.84. The van der Waals surface area contributed by atoms with Gasteiger partial charge in [-0.25, -0.2) is 9.50 Å². The average molecular weight is 378 g/mol. The standard InChI is InChI=1S/C19H22N8O/c1-5-25-11-15(12(3)24-25)17-7-8-20-18-14(9-22-27(17)18)19(28)23-16-10-21-26(6-2)13(16)4/h7-11H,5-6H2,1-4H3,(H,23,28). The van der Waals surface area contributed by atoms with Crippen molar-refractivity contribution in [1.82, 2.24) is 34.2 Å². The SMILES string of the molecule is CCn1cc(-c2ccnc3c(C(=O)Nc4cnn(CC)c4C)cnn23)c(C)n1. The zero-order chi connectivity index (χ0) is 19.8. The maximum absolute atomic E-state index is 12.8. The van der Waals surface area contributed by atoms with Gasteiger partial charge < -0.3 is 5.32 Å². The predicted molar refractivity (Wildman–Crippen MR) is 105 cm³/mol. The van der Waals surface area contributed by atoms with Crippen molar-refractivity contribution in [2.45, 2.75) is 40.8 Å². The summed E-state index contributed by atoms with van der Waals surface area (Å²) in [6.07, 6.45) is 6.87. The lowest BCUT2D eigenvalue weighted by atomic mass is 10.2. The fourth-order valence-corrected chi connectivity index (χ4v) is 3.26. The second-order valence-electron chi connectivity index (χ2n) is 6.52. The maximum atomic E-state index is 12.8. The van der Waals surface area contributed by atoms with Gasteiger partial charge in [-0.2, -0.15) is 15.3 Å². The fraction of sp³-hybridized carbons (Fsp3) is 0.316. The molecule has 0 aliphatic rings. The van der Waals surface area contributed by atoms with E-state index in [0.717, 1.165) is 35.7 Å². The molecule has 28 heavy (non-hydrogen) atoms. The number of fused-ring (bicyclic) bond motifs is 1. The highest BCUT2D eigenvalue weighted by Crippen LogP contribution is 2.24. The van der Waals surface area contributed by atoms with E-state index in [1.54, 1.807) is 23.1 Å². The van der Waals surface area contributed by atoms with Crippen LogP contribution in [0.15, 0.2) is 30.9 Å². The van der Waals surface area contributed by atoms with Crippen LogP contribution >= 0.6 is 0 Å². The number of hydrogen-bond acceptors (Lipinski definition) is 5. The summed E-state index contributed by atoms with van der Waals surface area (Å²) in [4.78, 5) is 17.2. The van der Waals surface area contributed by atoms with Gasteiger partial charge in [-0.3, -0.25) is 14.2 Å². The van der Waals surface area contributed by atoms with Gasteiger partial charge in [-0.05, 0) is 33.8 Å². The van der Waals surface area contributed by atoms with E-state index < -0.39 is 0 Å². The molecule has 0 aromatic carbocycles. The van der Waals surface area contributed by atoms with E-state index in [0.29, 0.717) is 16.9 Å². The van der Waals surface area contributed by atoms with Gasteiger partial charge in [0, 0.05) is 31.0 Å². The van der Waals surface area contributed by atoms with Crippen molar-refractivity contribution in [3.8, 4) is 11.3 Å². The molecule has 0 saturated heterocycles. The van der Waals surface area contributed by atoms with Gasteiger partial charge in [0.1, 0.15) is 5.56 Å². The highest BCUT2D eigenvalue weighted by atomic mass is 16.1. The van der Waals surface area contributed by atoms with E-state index >= 15 is 0 Å². The topological polar surface area (TPSA) is 94.9 Å². The molecule has 9 nitrogen and oxygen atoms in total. The third-order valence-electron chi connectivity index (χ3n) is 4.84. The van der Waals surface area contributed by atoms with Crippen molar-refractivity contribution in [3.05, 3.63) is 47.8 Å². The number of nitrogens with zero attached hydrogens (tertiary/aromatic N) is 7. The summed E-state index contributed by atoms with van der Waals surface area (Å²) < 4.78 is 5.39. The molecule has 0 aliphatic carbocycles. The van der Waals surface area contributed by atoms with Gasteiger partial charge in [-0.1, -0.05) is 0 Å². The number of carbonyl (C=O) groups excluding carboxylic acids is 1. The summed E-state index contributed by atoms with van der Waals surface area (Å²) in [5.74, 6) is -0.264. The molecule has 0 bridgehead atoms. The van der Waals surface area contributed by atoms with Crippen LogP contribution in [0.3, 0.4) is 0 Å². The predicted octanol–water partition coefficient (Wildman–Crippen LogP) is 2.70. The Hall–Kier alpha value is -3.49. The minimum atomic E-state index is -0.264. The highest BCUT2D eigenvalue weighted by Gasteiger charge is 2.19. The van der Waals surface area contributed by atoms with Gasteiger partial charge in [-0.15, -0.1) is 0 Å². The van der Waals surface area contributed by atoms with Crippen LogP contribution in [-0.2, 0) is 13.1 Å². The zero-order valence-corrected chi connectivity index (χ0v) is 16.3. The highest BCUT2D eigenvalue weighted by molar-refractivity contribution is 6.08. The average Bonchev–Trinajstić information content (AvgIpc) is 3.39. The van der Waals surface area contributed by atoms with E-state index in [9.17, 15) is 4.79 Å². The molecule has 9 heteroatoms. The van der Waals surface area contributed by atoms with Gasteiger partial charge in [0.05, 0.1) is 35.2 Å². The van der Waals surface area contributed by atoms with E-state index in [1.165, 1.54) is 0 Å². The van der Waals surface area contributed by atoms with Crippen LogP contribution in [0, 0.1) is 13.8 Å². The first kappa shape index (κ1) is 17.9. The molecule has 0 spiro atoms. The van der Waals surface area contributed by atoms with Crippen LogP contribution < -0.4 is 5.32 Å². The van der Waals surface area contributed by atoms with Crippen molar-refractivity contribution in [3.63, 3.8) is 0 Å². The van der Waals surface area contributed by atoms with Crippen LogP contribution in [-0.4, -0.2) is 40.1 Å². The first-order chi connectivity index (χ1) is 13.5. The molecule has 0 saturated carbocycles. The lowest BCUT2D eigenvalue weighted by molar-refractivity contribution is 0.102. The molecule has 0 unspecified atom stereocenters. The molecule has 0 aliphatic heterocycles. The lowest BCUT2D eigenvalue weighted by Gasteiger charge is -2.05. The van der Waals surface area contributed by atoms with Crippen molar-refractivity contribution in [1.29, 1.82) is 0 Å². The molecule has 1 N–H and O–H groups in total. The molecule has 0 atom stereocenters. The van der Waals surface area contributed by atoms with Crippen LogP contribution in [0.25, 0.3) is 16.9 Å². The number of nitrogens with one attached hydrogen (secondary N) is 1. The van der Waals surface area contributed by atoms with Crippen LogP contribution in [0.4, 0.5) is 5.69 Å². The van der Waals surface area contributed by atoms with Crippen LogP contribution in [0.2, 0.25) is 0 Å². The molecule has 4 aromatic heterocycles. The fourth-order valence-electron chi connectivity index (χ4n) is 3.26. The van der Waals surface area contributed by atoms with Crippen molar-refractivity contribution >= 4 is 17.2 Å². The van der Waals surface area contributed by atoms with Gasteiger partial charge in [0.25, 0.3) is 5.91 Å². The lowest BCUT2D eigenvalue weighted by Crippen LogP contribution is -2.13. The summed E-state index contributed by atoms with van der Waals surface area (Å²) in [5, 5.41) is 16.1. The molecule has 4 aromatic rings. The largest absolute Gasteiger partial charge is 0.319 e. The summed E-state index contributed by atoms with van der Waals surface area (Å²) in [5.41, 5.74) is 5.20. The second-order valence-corrected chi connectivity index (χ2v) is 6.52. The Kier molecular flexibility index (Phi) is 4.42. The molecular weight excluding hydrogens is 356 g/mol. The maximum Gasteiger partial charge on any atom is 0.261 e. The Bertz CT molecular complexity index is 1170. The third kappa shape index (κ3) is 2.84. The molecule has 1 amide bonds. The monoisotopic (exact) mass is 378 g/mol. The smallest absolute Gasteiger partial charge is 0.261 e. The Morgan fingerprint density at radius 2 is 1.96 bits per heavy atom. The summed E-state index contributed by atoms with van der Waals surface area (Å²) in [7, 11) is 0. The summed E-state index contributed by atoms with van der Waals surface area (Å²) >= 11 is 0. The van der Waals surface area contributed by atoms with E-state index in [4.69, 9.17) is 0 Å². The minimum absolute atomic E-state index is 0.264. The van der Waals surface area contributed by atoms with Crippen molar-refractivity contribution < 1.29 is 4.79 Å². The van der Waals surface area contributed by atoms with Gasteiger partial charge in [0.2, 0.25) is 0 Å². The second kappa shape index (κ2) is 6.91. The van der Waals surface area contributed by atoms with Crippen molar-refractivity contribution in [2.75, 3.05) is 5.32 Å². The Morgan fingerprint density at radius 1 is 1.14 bits per heavy atom. The number of aryl methyl sites for hydroxylation is 3. The number of amides is 1. The number of anilines is 1. The van der Waals surface area contributed by atoms with E-state index in [1.807, 2.05) is 49.3 Å². The number of aromatic nitrogens is 7. The van der Waals surface area contributed by atoms with Crippen molar-refractivity contribution in [2.24, 2.45) is 0 Å². The summed E-state index contributed by atoms with van der Waals surface area (Å²) in [6.45, 7) is 9.45.